The standard InChI is InChI=1S/2Li.3H2O.V.2H/h;;3*1H2;;;/q2*+1;;;;;2*-1. The molecule has 0 aromatic heterocycles. The van der Waals surface area contributed by atoms with E-state index in [4.69, 9.17) is 0 Å². The Bertz CT molecular complexity index is 15.2. The van der Waals surface area contributed by atoms with E-state index in [0.717, 1.165) is 0 Å². The normalized spacial score (nSPS) is 0. The van der Waals surface area contributed by atoms with Crippen molar-refractivity contribution < 1.29 is 75.6 Å². The molecule has 1 radical (unpaired) electrons. The van der Waals surface area contributed by atoms with Gasteiger partial charge in [-0.1, -0.05) is 0 Å². The first-order valence-electron chi connectivity index (χ1n) is 0. The van der Waals surface area contributed by atoms with Gasteiger partial charge in [0, 0.05) is 18.6 Å². The van der Waals surface area contributed by atoms with Gasteiger partial charge in [-0.05, 0) is 0 Å². The Hall–Kier alpha value is 1.66. The third-order valence-corrected chi connectivity index (χ3v) is 0. The number of rotatable bonds is 0. The first-order chi connectivity index (χ1) is 0. The maximum absolute atomic E-state index is 0. The van der Waals surface area contributed by atoms with E-state index in [9.17, 15) is 0 Å². The third kappa shape index (κ3) is 44.6. The van der Waals surface area contributed by atoms with Gasteiger partial charge >= 0.3 is 37.7 Å². The zero-order chi connectivity index (χ0) is 0. The van der Waals surface area contributed by atoms with Crippen molar-refractivity contribution in [1.29, 1.82) is 0 Å². The zero-order valence-electron chi connectivity index (χ0n) is 5.95. The van der Waals surface area contributed by atoms with Crippen LogP contribution < -0.4 is 37.7 Å². The van der Waals surface area contributed by atoms with Gasteiger partial charge in [-0.3, -0.25) is 0 Å². The van der Waals surface area contributed by atoms with E-state index in [2.05, 4.69) is 0 Å². The first-order valence-corrected chi connectivity index (χ1v) is 0. The van der Waals surface area contributed by atoms with Crippen molar-refractivity contribution >= 4 is 0 Å². The van der Waals surface area contributed by atoms with Gasteiger partial charge in [0.2, 0.25) is 0 Å². The topological polar surface area (TPSA) is 94.5 Å². The Labute approximate surface area is 75.4 Å². The predicted molar refractivity (Wildman–Crippen MR) is 13.1 cm³/mol. The fraction of sp³-hybridized carbons (Fsp3) is 0. The molecule has 6 heavy (non-hydrogen) atoms. The monoisotopic (exact) mass is 121 g/mol. The van der Waals surface area contributed by atoms with Crippen LogP contribution in [0.1, 0.15) is 2.85 Å². The fourth-order valence-corrected chi connectivity index (χ4v) is 0. The summed E-state index contributed by atoms with van der Waals surface area (Å²) in [6, 6.07) is 0. The molecule has 0 aliphatic carbocycles. The first kappa shape index (κ1) is 123. The molecule has 0 aromatic carbocycles. The van der Waals surface area contributed by atoms with Crippen LogP contribution in [0.25, 0.3) is 0 Å². The van der Waals surface area contributed by atoms with Crippen molar-refractivity contribution in [1.82, 2.24) is 0 Å². The average Bonchev–Trinajstić information content (AvgIpc) is 0. The molecule has 33 valence electrons. The molecule has 0 spiro atoms. The van der Waals surface area contributed by atoms with Gasteiger partial charge in [0.1, 0.15) is 0 Å². The summed E-state index contributed by atoms with van der Waals surface area (Å²) in [5.41, 5.74) is 0. The zero-order valence-corrected chi connectivity index (χ0v) is 5.34. The van der Waals surface area contributed by atoms with Crippen molar-refractivity contribution in [2.24, 2.45) is 0 Å². The third-order valence-electron chi connectivity index (χ3n) is 0. The molecule has 0 amide bonds. The Morgan fingerprint density at radius 3 is 0.667 bits per heavy atom. The summed E-state index contributed by atoms with van der Waals surface area (Å²) >= 11 is 0. The van der Waals surface area contributed by atoms with E-state index in [-0.39, 0.29) is 75.6 Å². The molecular formula is H8Li2O3V. The molecule has 0 unspecified atom stereocenters. The molecule has 0 aliphatic rings. The second kappa shape index (κ2) is 77.5. The van der Waals surface area contributed by atoms with Gasteiger partial charge in [-0.15, -0.1) is 0 Å². The van der Waals surface area contributed by atoms with Crippen LogP contribution in [0.15, 0.2) is 0 Å². The molecule has 0 saturated heterocycles. The fourth-order valence-electron chi connectivity index (χ4n) is 0. The van der Waals surface area contributed by atoms with Crippen molar-refractivity contribution in [3.8, 4) is 0 Å². The second-order valence-electron chi connectivity index (χ2n) is 0. The van der Waals surface area contributed by atoms with Crippen molar-refractivity contribution in [3.63, 3.8) is 0 Å². The summed E-state index contributed by atoms with van der Waals surface area (Å²) in [5.74, 6) is 0. The van der Waals surface area contributed by atoms with E-state index in [0.29, 0.717) is 0 Å². The predicted octanol–water partition coefficient (Wildman–Crippen LogP) is -8.24. The largest absolute Gasteiger partial charge is 1.00 e. The summed E-state index contributed by atoms with van der Waals surface area (Å²) in [6.45, 7) is 0. The molecule has 0 bridgehead atoms. The molecule has 0 rings (SSSR count). The molecule has 0 atom stereocenters. The van der Waals surface area contributed by atoms with Gasteiger partial charge in [0.25, 0.3) is 0 Å². The molecule has 0 heterocycles. The van der Waals surface area contributed by atoms with Crippen LogP contribution in [0.5, 0.6) is 0 Å². The van der Waals surface area contributed by atoms with Gasteiger partial charge in [-0.25, -0.2) is 0 Å². The Balaban J connectivity index is 0. The molecule has 0 aliphatic heterocycles. The van der Waals surface area contributed by atoms with Crippen LogP contribution >= 0.6 is 0 Å². The smallest absolute Gasteiger partial charge is 1.00 e. The summed E-state index contributed by atoms with van der Waals surface area (Å²) < 4.78 is 0. The summed E-state index contributed by atoms with van der Waals surface area (Å²) in [7, 11) is 0. The Morgan fingerprint density at radius 1 is 0.667 bits per heavy atom. The number of hydrogen-bond donors (Lipinski definition) is 0. The molecule has 3 nitrogen and oxygen atoms in total. The minimum absolute atomic E-state index is 0. The van der Waals surface area contributed by atoms with Gasteiger partial charge in [-0.2, -0.15) is 0 Å². The van der Waals surface area contributed by atoms with Crippen molar-refractivity contribution in [2.75, 3.05) is 0 Å². The average molecular weight is 121 g/mol. The molecule has 0 fully saturated rings. The van der Waals surface area contributed by atoms with Crippen molar-refractivity contribution in [3.05, 3.63) is 0 Å². The molecule has 6 N–H and O–H groups in total. The molecule has 6 heteroatoms. The van der Waals surface area contributed by atoms with Gasteiger partial charge < -0.3 is 19.3 Å². The quantitative estimate of drug-likeness (QED) is 0.284. The minimum Gasteiger partial charge on any atom is -1.00 e. The van der Waals surface area contributed by atoms with Crippen LogP contribution in [-0.2, 0) is 18.6 Å². The Kier molecular flexibility index (Phi) is 1590. The van der Waals surface area contributed by atoms with Crippen LogP contribution in [0, 0.1) is 0 Å². The van der Waals surface area contributed by atoms with E-state index in [1.807, 2.05) is 0 Å². The van der Waals surface area contributed by atoms with E-state index in [1.54, 1.807) is 0 Å². The van der Waals surface area contributed by atoms with Crippen LogP contribution in [0.3, 0.4) is 0 Å². The van der Waals surface area contributed by atoms with Crippen LogP contribution in [0.2, 0.25) is 0 Å². The molecule has 0 saturated carbocycles. The van der Waals surface area contributed by atoms with Crippen LogP contribution in [-0.4, -0.2) is 16.4 Å². The summed E-state index contributed by atoms with van der Waals surface area (Å²) in [6.07, 6.45) is 0. The maximum atomic E-state index is 0. The van der Waals surface area contributed by atoms with Gasteiger partial charge in [0.05, 0.1) is 0 Å². The maximum Gasteiger partial charge on any atom is 1.00 e. The Morgan fingerprint density at radius 2 is 0.667 bits per heavy atom. The summed E-state index contributed by atoms with van der Waals surface area (Å²) in [5, 5.41) is 0. The minimum atomic E-state index is 0. The number of hydrogen-bond acceptors (Lipinski definition) is 0. The molecule has 0 aromatic rings. The second-order valence-corrected chi connectivity index (χ2v) is 0. The van der Waals surface area contributed by atoms with E-state index < -0.39 is 0 Å². The summed E-state index contributed by atoms with van der Waals surface area (Å²) in [4.78, 5) is 0. The molecular weight excluding hydrogens is 113 g/mol. The van der Waals surface area contributed by atoms with Crippen LogP contribution in [0.4, 0.5) is 0 Å². The van der Waals surface area contributed by atoms with Gasteiger partial charge in [0.15, 0.2) is 0 Å². The van der Waals surface area contributed by atoms with E-state index in [1.165, 1.54) is 0 Å². The van der Waals surface area contributed by atoms with Crippen molar-refractivity contribution in [2.45, 2.75) is 0 Å². The van der Waals surface area contributed by atoms with E-state index >= 15 is 0 Å². The SMILES string of the molecule is O.O.O.[H-].[H-].[Li+].[Li+].[V].